The molecule has 0 aliphatic heterocycles. The molecule has 0 unspecified atom stereocenters. The maximum absolute atomic E-state index is 13.3. The predicted octanol–water partition coefficient (Wildman–Crippen LogP) is 4.59. The van der Waals surface area contributed by atoms with Crippen molar-refractivity contribution in [2.24, 2.45) is 0 Å². The molecule has 1 aromatic carbocycles. The van der Waals surface area contributed by atoms with Crippen molar-refractivity contribution in [3.05, 3.63) is 64.9 Å². The smallest absolute Gasteiger partial charge is 0.267 e. The van der Waals surface area contributed by atoms with Crippen molar-refractivity contribution in [1.82, 2.24) is 9.55 Å². The molecular formula is C17H15F2N3OS. The molecule has 0 aliphatic carbocycles. The van der Waals surface area contributed by atoms with Crippen LogP contribution in [-0.4, -0.2) is 15.5 Å². The number of rotatable bonds is 4. The van der Waals surface area contributed by atoms with E-state index in [1.807, 2.05) is 42.9 Å². The van der Waals surface area contributed by atoms with Gasteiger partial charge in [-0.2, -0.15) is 0 Å². The van der Waals surface area contributed by atoms with Crippen LogP contribution in [0.3, 0.4) is 0 Å². The number of anilines is 1. The first-order valence-corrected chi connectivity index (χ1v) is 8.18. The van der Waals surface area contributed by atoms with Crippen molar-refractivity contribution in [2.75, 3.05) is 5.32 Å². The summed E-state index contributed by atoms with van der Waals surface area (Å²) in [6.07, 6.45) is 3.69. The zero-order valence-electron chi connectivity index (χ0n) is 13.1. The number of benzene rings is 1. The maximum atomic E-state index is 13.3. The van der Waals surface area contributed by atoms with Gasteiger partial charge in [-0.05, 0) is 30.2 Å². The van der Waals surface area contributed by atoms with Gasteiger partial charge < -0.3 is 9.88 Å². The summed E-state index contributed by atoms with van der Waals surface area (Å²) in [5.74, 6) is -2.30. The lowest BCUT2D eigenvalue weighted by molar-refractivity contribution is 0.102. The summed E-state index contributed by atoms with van der Waals surface area (Å²) in [6.45, 7) is 3.89. The Morgan fingerprint density at radius 1 is 1.21 bits per heavy atom. The van der Waals surface area contributed by atoms with Crippen LogP contribution in [0.4, 0.5) is 14.5 Å². The second kappa shape index (κ2) is 6.52. The fraction of sp³-hybridized carbons (Fsp3) is 0.176. The first kappa shape index (κ1) is 16.3. The molecule has 0 radical (unpaired) electrons. The van der Waals surface area contributed by atoms with Gasteiger partial charge >= 0.3 is 0 Å². The number of carbonyl (C=O) groups is 1. The summed E-state index contributed by atoms with van der Waals surface area (Å²) >= 11 is 1.25. The molecule has 0 bridgehead atoms. The molecule has 1 N–H and O–H groups in total. The lowest BCUT2D eigenvalue weighted by Gasteiger charge is -2.07. The van der Waals surface area contributed by atoms with Crippen LogP contribution < -0.4 is 5.32 Å². The first-order valence-electron chi connectivity index (χ1n) is 7.36. The Morgan fingerprint density at radius 3 is 2.54 bits per heavy atom. The van der Waals surface area contributed by atoms with Gasteiger partial charge in [0.2, 0.25) is 0 Å². The Bertz CT molecular complexity index is 872. The predicted molar refractivity (Wildman–Crippen MR) is 89.8 cm³/mol. The zero-order chi connectivity index (χ0) is 17.3. The Labute approximate surface area is 141 Å². The number of carbonyl (C=O) groups excluding carboxylic acids is 1. The van der Waals surface area contributed by atoms with Gasteiger partial charge in [0.25, 0.3) is 5.91 Å². The first-order chi connectivity index (χ1) is 11.5. The highest BCUT2D eigenvalue weighted by Crippen LogP contribution is 2.28. The number of aromatic nitrogens is 2. The third-order valence-electron chi connectivity index (χ3n) is 3.40. The monoisotopic (exact) mass is 347 g/mol. The standard InChI is InChI=1S/C17H15F2N3OS/c1-10(2)14-15(24-17(21-14)22-7-3-4-8-22)16(23)20-11-5-6-12(18)13(19)9-11/h3-10H,1-2H3,(H,20,23). The van der Waals surface area contributed by atoms with Crippen LogP contribution in [0.15, 0.2) is 42.7 Å². The van der Waals surface area contributed by atoms with Crippen molar-refractivity contribution in [2.45, 2.75) is 19.8 Å². The van der Waals surface area contributed by atoms with Crippen LogP contribution in [-0.2, 0) is 0 Å². The number of hydrogen-bond acceptors (Lipinski definition) is 3. The third kappa shape index (κ3) is 3.21. The molecule has 3 aromatic rings. The van der Waals surface area contributed by atoms with E-state index in [4.69, 9.17) is 0 Å². The highest BCUT2D eigenvalue weighted by atomic mass is 32.1. The molecule has 0 saturated carbocycles. The van der Waals surface area contributed by atoms with Crippen LogP contribution in [0.1, 0.15) is 35.1 Å². The van der Waals surface area contributed by atoms with E-state index < -0.39 is 11.6 Å². The second-order valence-corrected chi connectivity index (χ2v) is 6.52. The van der Waals surface area contributed by atoms with E-state index in [0.717, 1.165) is 12.1 Å². The van der Waals surface area contributed by atoms with Crippen molar-refractivity contribution in [3.63, 3.8) is 0 Å². The topological polar surface area (TPSA) is 46.9 Å². The molecule has 1 amide bonds. The Balaban J connectivity index is 1.92. The molecule has 0 aliphatic rings. The SMILES string of the molecule is CC(C)c1nc(-n2cccc2)sc1C(=O)Nc1ccc(F)c(F)c1. The summed E-state index contributed by atoms with van der Waals surface area (Å²) in [5.41, 5.74) is 0.869. The van der Waals surface area contributed by atoms with Gasteiger partial charge in [0, 0.05) is 24.1 Å². The van der Waals surface area contributed by atoms with Gasteiger partial charge in [0.05, 0.1) is 5.69 Å². The van der Waals surface area contributed by atoms with Crippen LogP contribution >= 0.6 is 11.3 Å². The van der Waals surface area contributed by atoms with E-state index >= 15 is 0 Å². The summed E-state index contributed by atoms with van der Waals surface area (Å²) in [5, 5.41) is 3.28. The molecule has 124 valence electrons. The summed E-state index contributed by atoms with van der Waals surface area (Å²) in [7, 11) is 0. The zero-order valence-corrected chi connectivity index (χ0v) is 13.9. The number of thiazole rings is 1. The Morgan fingerprint density at radius 2 is 1.92 bits per heavy atom. The summed E-state index contributed by atoms with van der Waals surface area (Å²) in [6, 6.07) is 7.00. The van der Waals surface area contributed by atoms with Gasteiger partial charge in [-0.15, -0.1) is 0 Å². The molecule has 4 nitrogen and oxygen atoms in total. The normalized spacial score (nSPS) is 11.0. The molecular weight excluding hydrogens is 332 g/mol. The Kier molecular flexibility index (Phi) is 4.44. The molecule has 3 rings (SSSR count). The number of nitrogens with zero attached hydrogens (tertiary/aromatic N) is 2. The van der Waals surface area contributed by atoms with E-state index in [1.54, 1.807) is 0 Å². The molecule has 0 spiro atoms. The van der Waals surface area contributed by atoms with E-state index in [-0.39, 0.29) is 17.5 Å². The number of nitrogens with one attached hydrogen (secondary N) is 1. The number of amides is 1. The fourth-order valence-corrected chi connectivity index (χ4v) is 3.29. The van der Waals surface area contributed by atoms with Crippen LogP contribution in [0.5, 0.6) is 0 Å². The minimum atomic E-state index is -1.01. The van der Waals surface area contributed by atoms with Crippen LogP contribution in [0.25, 0.3) is 5.13 Å². The number of halogens is 2. The average molecular weight is 347 g/mol. The summed E-state index contributed by atoms with van der Waals surface area (Å²) in [4.78, 5) is 17.5. The molecule has 0 saturated heterocycles. The second-order valence-electron chi connectivity index (χ2n) is 5.54. The maximum Gasteiger partial charge on any atom is 0.267 e. The highest BCUT2D eigenvalue weighted by Gasteiger charge is 2.21. The molecule has 0 atom stereocenters. The van der Waals surface area contributed by atoms with Crippen molar-refractivity contribution < 1.29 is 13.6 Å². The third-order valence-corrected chi connectivity index (χ3v) is 4.48. The van der Waals surface area contributed by atoms with Crippen LogP contribution in [0.2, 0.25) is 0 Å². The van der Waals surface area contributed by atoms with E-state index in [2.05, 4.69) is 10.3 Å². The number of hydrogen-bond donors (Lipinski definition) is 1. The largest absolute Gasteiger partial charge is 0.321 e. The Hall–Kier alpha value is -2.54. The highest BCUT2D eigenvalue weighted by molar-refractivity contribution is 7.16. The van der Waals surface area contributed by atoms with Gasteiger partial charge in [-0.1, -0.05) is 25.2 Å². The fourth-order valence-electron chi connectivity index (χ4n) is 2.21. The van der Waals surface area contributed by atoms with Crippen molar-refractivity contribution in [3.8, 4) is 5.13 Å². The quantitative estimate of drug-likeness (QED) is 0.750. The van der Waals surface area contributed by atoms with Gasteiger partial charge in [0.15, 0.2) is 16.8 Å². The van der Waals surface area contributed by atoms with Gasteiger partial charge in [-0.25, -0.2) is 13.8 Å². The van der Waals surface area contributed by atoms with Gasteiger partial charge in [0.1, 0.15) is 4.88 Å². The lowest BCUT2D eigenvalue weighted by Crippen LogP contribution is -2.13. The van der Waals surface area contributed by atoms with E-state index in [9.17, 15) is 13.6 Å². The lowest BCUT2D eigenvalue weighted by atomic mass is 10.1. The van der Waals surface area contributed by atoms with E-state index in [0.29, 0.717) is 15.7 Å². The molecule has 2 aromatic heterocycles. The molecule has 2 heterocycles. The minimum Gasteiger partial charge on any atom is -0.321 e. The van der Waals surface area contributed by atoms with Gasteiger partial charge in [-0.3, -0.25) is 4.79 Å². The van der Waals surface area contributed by atoms with Crippen molar-refractivity contribution >= 4 is 22.9 Å². The minimum absolute atomic E-state index is 0.0521. The van der Waals surface area contributed by atoms with E-state index in [1.165, 1.54) is 17.4 Å². The molecule has 7 heteroatoms. The van der Waals surface area contributed by atoms with Crippen LogP contribution in [0, 0.1) is 11.6 Å². The molecule has 24 heavy (non-hydrogen) atoms. The average Bonchev–Trinajstić information content (AvgIpc) is 3.19. The molecule has 0 fully saturated rings. The van der Waals surface area contributed by atoms with Crippen molar-refractivity contribution in [1.29, 1.82) is 0 Å². The summed E-state index contributed by atoms with van der Waals surface area (Å²) < 4.78 is 28.1.